The Kier molecular flexibility index (Phi) is 2.26. The molecule has 0 amide bonds. The Morgan fingerprint density at radius 3 is 2.57 bits per heavy atom. The van der Waals surface area contributed by atoms with E-state index in [0.29, 0.717) is 11.4 Å². The summed E-state index contributed by atoms with van der Waals surface area (Å²) in [4.78, 5) is 11.3. The molecule has 5 nitrogen and oxygen atoms in total. The molecule has 7 heteroatoms. The molecule has 0 aliphatic carbocycles. The number of nitrogen functional groups attached to an aromatic ring is 1. The van der Waals surface area contributed by atoms with Gasteiger partial charge >= 0.3 is 0 Å². The minimum Gasteiger partial charge on any atom is -0.452 e. The maximum atomic E-state index is 5.73. The van der Waals surface area contributed by atoms with Crippen molar-refractivity contribution < 1.29 is 4.42 Å². The summed E-state index contributed by atoms with van der Waals surface area (Å²) in [6, 6.07) is 1.62. The number of rotatable bonds is 1. The van der Waals surface area contributed by atoms with E-state index in [9.17, 15) is 0 Å². The summed E-state index contributed by atoms with van der Waals surface area (Å²) in [5, 5.41) is 0.205. The highest BCUT2D eigenvalue weighted by Crippen LogP contribution is 2.26. The van der Waals surface area contributed by atoms with Crippen molar-refractivity contribution in [1.29, 1.82) is 0 Å². The minimum absolute atomic E-state index is 0.0183. The molecular weight excluding hydrogens is 227 g/mol. The van der Waals surface area contributed by atoms with Gasteiger partial charge < -0.3 is 10.2 Å². The SMILES string of the molecule is Nc1nc(Cl)nc(-c2ccoc2Cl)n1. The molecule has 2 heterocycles. The molecule has 0 saturated heterocycles. The number of halogens is 2. The van der Waals surface area contributed by atoms with E-state index in [1.165, 1.54) is 6.26 Å². The maximum absolute atomic E-state index is 5.73. The molecule has 2 aromatic rings. The largest absolute Gasteiger partial charge is 0.452 e. The zero-order valence-electron chi connectivity index (χ0n) is 6.74. The summed E-state index contributed by atoms with van der Waals surface area (Å²) in [5.74, 6) is 0.332. The fourth-order valence-corrected chi connectivity index (χ4v) is 1.30. The molecule has 2 aromatic heterocycles. The number of furan rings is 1. The van der Waals surface area contributed by atoms with Crippen LogP contribution in [0.25, 0.3) is 11.4 Å². The summed E-state index contributed by atoms with van der Waals surface area (Å²) in [5.41, 5.74) is 5.93. The normalized spacial score (nSPS) is 10.4. The first-order valence-electron chi connectivity index (χ1n) is 3.57. The highest BCUT2D eigenvalue weighted by molar-refractivity contribution is 6.31. The molecule has 0 spiro atoms. The quantitative estimate of drug-likeness (QED) is 0.812. The van der Waals surface area contributed by atoms with Crippen LogP contribution in [0.4, 0.5) is 5.95 Å². The molecule has 0 aliphatic rings. The average Bonchev–Trinajstić information content (AvgIpc) is 2.49. The molecule has 14 heavy (non-hydrogen) atoms. The van der Waals surface area contributed by atoms with Crippen LogP contribution in [0.1, 0.15) is 0 Å². The van der Waals surface area contributed by atoms with Crippen LogP contribution in [0, 0.1) is 0 Å². The summed E-state index contributed by atoms with van der Waals surface area (Å²) in [6.45, 7) is 0. The van der Waals surface area contributed by atoms with E-state index in [4.69, 9.17) is 33.4 Å². The zero-order chi connectivity index (χ0) is 10.1. The Bertz CT molecular complexity index is 450. The average molecular weight is 231 g/mol. The second-order valence-corrected chi connectivity index (χ2v) is 3.08. The van der Waals surface area contributed by atoms with E-state index in [-0.39, 0.29) is 16.5 Å². The van der Waals surface area contributed by atoms with Gasteiger partial charge in [0, 0.05) is 0 Å². The van der Waals surface area contributed by atoms with Gasteiger partial charge in [-0.05, 0) is 29.3 Å². The lowest BCUT2D eigenvalue weighted by molar-refractivity contribution is 0.570. The smallest absolute Gasteiger partial charge is 0.227 e. The summed E-state index contributed by atoms with van der Waals surface area (Å²) >= 11 is 11.3. The van der Waals surface area contributed by atoms with Crippen molar-refractivity contribution in [1.82, 2.24) is 15.0 Å². The van der Waals surface area contributed by atoms with E-state index in [1.807, 2.05) is 0 Å². The van der Waals surface area contributed by atoms with Gasteiger partial charge in [-0.3, -0.25) is 0 Å². The lowest BCUT2D eigenvalue weighted by Gasteiger charge is -1.98. The van der Waals surface area contributed by atoms with Crippen molar-refractivity contribution >= 4 is 29.2 Å². The molecule has 0 radical (unpaired) electrons. The lowest BCUT2D eigenvalue weighted by Crippen LogP contribution is -1.99. The second kappa shape index (κ2) is 3.43. The molecule has 2 rings (SSSR count). The third kappa shape index (κ3) is 1.64. The van der Waals surface area contributed by atoms with Gasteiger partial charge in [0.2, 0.25) is 16.5 Å². The maximum Gasteiger partial charge on any atom is 0.227 e. The number of nitrogens with two attached hydrogens (primary N) is 1. The van der Waals surface area contributed by atoms with Crippen LogP contribution in [0.15, 0.2) is 16.7 Å². The fourth-order valence-electron chi connectivity index (χ4n) is 0.939. The Labute approximate surface area is 88.9 Å². The van der Waals surface area contributed by atoms with Crippen molar-refractivity contribution in [2.75, 3.05) is 5.73 Å². The molecular formula is C7H4Cl2N4O. The van der Waals surface area contributed by atoms with Crippen LogP contribution in [0.2, 0.25) is 10.5 Å². The van der Waals surface area contributed by atoms with Gasteiger partial charge in [0.1, 0.15) is 0 Å². The molecule has 2 N–H and O–H groups in total. The fraction of sp³-hybridized carbons (Fsp3) is 0. The summed E-state index contributed by atoms with van der Waals surface area (Å²) in [7, 11) is 0. The van der Waals surface area contributed by atoms with Gasteiger partial charge in [-0.2, -0.15) is 15.0 Å². The summed E-state index contributed by atoms with van der Waals surface area (Å²) in [6.07, 6.45) is 1.42. The van der Waals surface area contributed by atoms with Crippen LogP contribution in [0.3, 0.4) is 0 Å². The molecule has 0 bridgehead atoms. The molecule has 0 atom stereocenters. The van der Waals surface area contributed by atoms with Crippen molar-refractivity contribution in [3.63, 3.8) is 0 Å². The molecule has 0 saturated carbocycles. The van der Waals surface area contributed by atoms with Gasteiger partial charge in [-0.15, -0.1) is 0 Å². The van der Waals surface area contributed by atoms with Crippen molar-refractivity contribution in [3.8, 4) is 11.4 Å². The van der Waals surface area contributed by atoms with E-state index < -0.39 is 0 Å². The topological polar surface area (TPSA) is 77.8 Å². The Balaban J connectivity index is 2.57. The first kappa shape index (κ1) is 9.23. The van der Waals surface area contributed by atoms with E-state index >= 15 is 0 Å². The highest BCUT2D eigenvalue weighted by atomic mass is 35.5. The summed E-state index contributed by atoms with van der Waals surface area (Å²) < 4.78 is 4.88. The number of hydrogen-bond donors (Lipinski definition) is 1. The number of aromatic nitrogens is 3. The van der Waals surface area contributed by atoms with Crippen LogP contribution in [0.5, 0.6) is 0 Å². The molecule has 0 aromatic carbocycles. The first-order chi connectivity index (χ1) is 6.66. The number of nitrogens with zero attached hydrogens (tertiary/aromatic N) is 3. The number of anilines is 1. The monoisotopic (exact) mass is 230 g/mol. The van der Waals surface area contributed by atoms with Gasteiger partial charge in [-0.1, -0.05) is 0 Å². The zero-order valence-corrected chi connectivity index (χ0v) is 8.25. The Morgan fingerprint density at radius 1 is 1.21 bits per heavy atom. The molecule has 0 fully saturated rings. The van der Waals surface area contributed by atoms with Crippen molar-refractivity contribution in [2.24, 2.45) is 0 Å². The third-order valence-electron chi connectivity index (χ3n) is 1.48. The highest BCUT2D eigenvalue weighted by Gasteiger charge is 2.11. The predicted octanol–water partition coefficient (Wildman–Crippen LogP) is 2.02. The minimum atomic E-state index is 0.0183. The Hall–Kier alpha value is -1.33. The van der Waals surface area contributed by atoms with Crippen LogP contribution in [-0.4, -0.2) is 15.0 Å². The van der Waals surface area contributed by atoms with Crippen LogP contribution >= 0.6 is 23.2 Å². The van der Waals surface area contributed by atoms with Gasteiger partial charge in [0.15, 0.2) is 5.82 Å². The number of hydrogen-bond acceptors (Lipinski definition) is 5. The van der Waals surface area contributed by atoms with Gasteiger partial charge in [-0.25, -0.2) is 0 Å². The standard InChI is InChI=1S/C7H4Cl2N4O/c8-4-3(1-2-14-4)5-11-6(9)13-7(10)12-5/h1-2H,(H2,10,11,12,13). The van der Waals surface area contributed by atoms with Crippen molar-refractivity contribution in [2.45, 2.75) is 0 Å². The second-order valence-electron chi connectivity index (χ2n) is 2.39. The first-order valence-corrected chi connectivity index (χ1v) is 4.33. The van der Waals surface area contributed by atoms with E-state index in [2.05, 4.69) is 15.0 Å². The third-order valence-corrected chi connectivity index (χ3v) is 1.95. The lowest BCUT2D eigenvalue weighted by atomic mass is 10.3. The van der Waals surface area contributed by atoms with Gasteiger partial charge in [0.25, 0.3) is 0 Å². The predicted molar refractivity (Wildman–Crippen MR) is 52.0 cm³/mol. The van der Waals surface area contributed by atoms with Crippen LogP contribution < -0.4 is 5.73 Å². The Morgan fingerprint density at radius 2 is 2.00 bits per heavy atom. The van der Waals surface area contributed by atoms with Crippen molar-refractivity contribution in [3.05, 3.63) is 22.8 Å². The van der Waals surface area contributed by atoms with E-state index in [1.54, 1.807) is 6.07 Å². The molecule has 0 aliphatic heterocycles. The molecule has 0 unspecified atom stereocenters. The van der Waals surface area contributed by atoms with Gasteiger partial charge in [0.05, 0.1) is 11.8 Å². The van der Waals surface area contributed by atoms with Crippen LogP contribution in [-0.2, 0) is 0 Å². The molecule has 72 valence electrons. The van der Waals surface area contributed by atoms with E-state index in [0.717, 1.165) is 0 Å².